The second kappa shape index (κ2) is 7.75. The summed E-state index contributed by atoms with van der Waals surface area (Å²) in [6.45, 7) is 1.80. The lowest BCUT2D eigenvalue weighted by Crippen LogP contribution is -2.49. The molecule has 5 nitrogen and oxygen atoms in total. The van der Waals surface area contributed by atoms with Crippen molar-refractivity contribution in [3.05, 3.63) is 65.7 Å². The Morgan fingerprint density at radius 1 is 1.08 bits per heavy atom. The van der Waals surface area contributed by atoms with Gasteiger partial charge in [0, 0.05) is 18.8 Å². The number of anilines is 1. The van der Waals surface area contributed by atoms with Crippen LogP contribution in [0, 0.1) is 0 Å². The zero-order chi connectivity index (χ0) is 16.8. The molecule has 124 valence electrons. The number of amides is 2. The summed E-state index contributed by atoms with van der Waals surface area (Å²) in [5.41, 5.74) is 3.10. The Morgan fingerprint density at radius 2 is 1.83 bits per heavy atom. The molecule has 0 bridgehead atoms. The van der Waals surface area contributed by atoms with E-state index in [-0.39, 0.29) is 24.9 Å². The smallest absolute Gasteiger partial charge is 0.238 e. The van der Waals surface area contributed by atoms with Gasteiger partial charge in [-0.2, -0.15) is 0 Å². The summed E-state index contributed by atoms with van der Waals surface area (Å²) in [5, 5.41) is 5.74. The van der Waals surface area contributed by atoms with Crippen molar-refractivity contribution in [1.82, 2.24) is 10.2 Å². The average Bonchev–Trinajstić information content (AvgIpc) is 2.57. The molecule has 0 aliphatic carbocycles. The monoisotopic (exact) mass is 323 g/mol. The maximum Gasteiger partial charge on any atom is 0.238 e. The van der Waals surface area contributed by atoms with E-state index in [0.29, 0.717) is 13.1 Å². The summed E-state index contributed by atoms with van der Waals surface area (Å²) in [6.07, 6.45) is 0.767. The van der Waals surface area contributed by atoms with E-state index in [4.69, 9.17) is 0 Å². The summed E-state index contributed by atoms with van der Waals surface area (Å²) in [5.74, 6) is -0.122. The Balaban J connectivity index is 1.64. The summed E-state index contributed by atoms with van der Waals surface area (Å²) in [4.78, 5) is 25.5. The standard InChI is InChI=1S/C19H21N3O2/c23-18-13-22(11-10-20-18)14-19(24)21-17-9-5-4-8-16(17)12-15-6-2-1-3-7-15/h1-9H,10-14H2,(H,20,23)(H,21,24). The second-order valence-electron chi connectivity index (χ2n) is 5.93. The van der Waals surface area contributed by atoms with Gasteiger partial charge in [0.1, 0.15) is 0 Å². The molecule has 5 heteroatoms. The number of carbonyl (C=O) groups excluding carboxylic acids is 2. The summed E-state index contributed by atoms with van der Waals surface area (Å²) in [7, 11) is 0. The SMILES string of the molecule is O=C1CN(CC(=O)Nc2ccccc2Cc2ccccc2)CCN1. The van der Waals surface area contributed by atoms with Crippen LogP contribution in [0.2, 0.25) is 0 Å². The molecule has 1 saturated heterocycles. The normalized spacial score (nSPS) is 14.9. The van der Waals surface area contributed by atoms with Crippen LogP contribution in [0.5, 0.6) is 0 Å². The number of hydrogen-bond acceptors (Lipinski definition) is 3. The van der Waals surface area contributed by atoms with Crippen LogP contribution < -0.4 is 10.6 Å². The minimum absolute atomic E-state index is 0.0291. The van der Waals surface area contributed by atoms with Gasteiger partial charge in [0.15, 0.2) is 0 Å². The largest absolute Gasteiger partial charge is 0.354 e. The fourth-order valence-electron chi connectivity index (χ4n) is 2.83. The average molecular weight is 323 g/mol. The van der Waals surface area contributed by atoms with Crippen molar-refractivity contribution in [3.8, 4) is 0 Å². The number of rotatable bonds is 5. The van der Waals surface area contributed by atoms with Crippen LogP contribution in [0.4, 0.5) is 5.69 Å². The lowest BCUT2D eigenvalue weighted by atomic mass is 10.0. The van der Waals surface area contributed by atoms with E-state index in [1.165, 1.54) is 5.56 Å². The van der Waals surface area contributed by atoms with Gasteiger partial charge >= 0.3 is 0 Å². The summed E-state index contributed by atoms with van der Waals surface area (Å²) < 4.78 is 0. The lowest BCUT2D eigenvalue weighted by molar-refractivity contribution is -0.125. The van der Waals surface area contributed by atoms with Crippen molar-refractivity contribution in [2.45, 2.75) is 6.42 Å². The first-order chi connectivity index (χ1) is 11.7. The molecule has 2 aromatic rings. The molecular formula is C19H21N3O2. The minimum Gasteiger partial charge on any atom is -0.354 e. The molecule has 0 unspecified atom stereocenters. The van der Waals surface area contributed by atoms with Crippen LogP contribution >= 0.6 is 0 Å². The zero-order valence-corrected chi connectivity index (χ0v) is 13.5. The molecule has 0 saturated carbocycles. The molecule has 1 fully saturated rings. The van der Waals surface area contributed by atoms with Gasteiger partial charge in [-0.25, -0.2) is 0 Å². The molecule has 1 aliphatic rings. The van der Waals surface area contributed by atoms with E-state index in [2.05, 4.69) is 22.8 Å². The van der Waals surface area contributed by atoms with Gasteiger partial charge in [0.05, 0.1) is 13.1 Å². The Kier molecular flexibility index (Phi) is 5.23. The van der Waals surface area contributed by atoms with E-state index in [0.717, 1.165) is 17.7 Å². The Bertz CT molecular complexity index is 716. The molecule has 24 heavy (non-hydrogen) atoms. The number of nitrogens with zero attached hydrogens (tertiary/aromatic N) is 1. The number of piperazine rings is 1. The topological polar surface area (TPSA) is 61.4 Å². The third-order valence-electron chi connectivity index (χ3n) is 4.01. The van der Waals surface area contributed by atoms with Gasteiger partial charge < -0.3 is 10.6 Å². The number of para-hydroxylation sites is 1. The predicted molar refractivity (Wildman–Crippen MR) is 93.8 cm³/mol. The molecule has 2 aromatic carbocycles. The molecule has 2 amide bonds. The van der Waals surface area contributed by atoms with Crippen LogP contribution in [0.15, 0.2) is 54.6 Å². The highest BCUT2D eigenvalue weighted by molar-refractivity contribution is 5.93. The molecule has 3 rings (SSSR count). The quantitative estimate of drug-likeness (QED) is 0.879. The summed E-state index contributed by atoms with van der Waals surface area (Å²) in [6, 6.07) is 18.0. The van der Waals surface area contributed by atoms with Crippen LogP contribution in [0.3, 0.4) is 0 Å². The van der Waals surface area contributed by atoms with E-state index >= 15 is 0 Å². The number of hydrogen-bond donors (Lipinski definition) is 2. The Labute approximate surface area is 141 Å². The third-order valence-corrected chi connectivity index (χ3v) is 4.01. The van der Waals surface area contributed by atoms with Gasteiger partial charge in [-0.05, 0) is 23.6 Å². The lowest BCUT2D eigenvalue weighted by Gasteiger charge is -2.25. The number of nitrogens with one attached hydrogen (secondary N) is 2. The van der Waals surface area contributed by atoms with E-state index in [1.54, 1.807) is 0 Å². The highest BCUT2D eigenvalue weighted by Gasteiger charge is 2.18. The first-order valence-corrected chi connectivity index (χ1v) is 8.11. The summed E-state index contributed by atoms with van der Waals surface area (Å²) >= 11 is 0. The van der Waals surface area contributed by atoms with Gasteiger partial charge in [-0.15, -0.1) is 0 Å². The Hall–Kier alpha value is -2.66. The first-order valence-electron chi connectivity index (χ1n) is 8.11. The van der Waals surface area contributed by atoms with Gasteiger partial charge in [0.2, 0.25) is 11.8 Å². The molecule has 1 aliphatic heterocycles. The highest BCUT2D eigenvalue weighted by Crippen LogP contribution is 2.19. The van der Waals surface area contributed by atoms with Crippen molar-refractivity contribution in [3.63, 3.8) is 0 Å². The molecular weight excluding hydrogens is 302 g/mol. The highest BCUT2D eigenvalue weighted by atomic mass is 16.2. The maximum absolute atomic E-state index is 12.3. The second-order valence-corrected chi connectivity index (χ2v) is 5.93. The van der Waals surface area contributed by atoms with E-state index in [9.17, 15) is 9.59 Å². The fraction of sp³-hybridized carbons (Fsp3) is 0.263. The van der Waals surface area contributed by atoms with E-state index in [1.807, 2.05) is 47.4 Å². The first kappa shape index (κ1) is 16.2. The zero-order valence-electron chi connectivity index (χ0n) is 13.5. The molecule has 1 heterocycles. The van der Waals surface area contributed by atoms with Crippen LogP contribution in [0.25, 0.3) is 0 Å². The third kappa shape index (κ3) is 4.43. The minimum atomic E-state index is -0.0924. The van der Waals surface area contributed by atoms with Gasteiger partial charge in [0.25, 0.3) is 0 Å². The van der Waals surface area contributed by atoms with Crippen molar-refractivity contribution in [1.29, 1.82) is 0 Å². The Morgan fingerprint density at radius 3 is 2.62 bits per heavy atom. The fourth-order valence-corrected chi connectivity index (χ4v) is 2.83. The van der Waals surface area contributed by atoms with Gasteiger partial charge in [-0.3, -0.25) is 14.5 Å². The number of carbonyl (C=O) groups is 2. The van der Waals surface area contributed by atoms with Crippen LogP contribution in [0.1, 0.15) is 11.1 Å². The molecule has 0 spiro atoms. The van der Waals surface area contributed by atoms with Crippen LogP contribution in [-0.4, -0.2) is 42.9 Å². The maximum atomic E-state index is 12.3. The molecule has 0 aromatic heterocycles. The van der Waals surface area contributed by atoms with Crippen molar-refractivity contribution >= 4 is 17.5 Å². The molecule has 0 radical (unpaired) electrons. The van der Waals surface area contributed by atoms with Crippen LogP contribution in [-0.2, 0) is 16.0 Å². The predicted octanol–water partition coefficient (Wildman–Crippen LogP) is 1.65. The molecule has 0 atom stereocenters. The van der Waals surface area contributed by atoms with Crippen molar-refractivity contribution in [2.24, 2.45) is 0 Å². The number of benzene rings is 2. The molecule has 2 N–H and O–H groups in total. The van der Waals surface area contributed by atoms with Gasteiger partial charge in [-0.1, -0.05) is 48.5 Å². The van der Waals surface area contributed by atoms with Crippen molar-refractivity contribution in [2.75, 3.05) is 31.5 Å². The van der Waals surface area contributed by atoms with E-state index < -0.39 is 0 Å². The van der Waals surface area contributed by atoms with Crippen molar-refractivity contribution < 1.29 is 9.59 Å².